The van der Waals surface area contributed by atoms with Crippen LogP contribution in [0.3, 0.4) is 0 Å². The van der Waals surface area contributed by atoms with Crippen molar-refractivity contribution in [1.82, 2.24) is 9.55 Å². The zero-order valence-electron chi connectivity index (χ0n) is 13.4. The van der Waals surface area contributed by atoms with E-state index in [0.29, 0.717) is 6.54 Å². The van der Waals surface area contributed by atoms with Crippen LogP contribution in [0.5, 0.6) is 0 Å². The number of nitrogens with zero attached hydrogens (tertiary/aromatic N) is 2. The van der Waals surface area contributed by atoms with Crippen LogP contribution in [-0.4, -0.2) is 15.5 Å². The summed E-state index contributed by atoms with van der Waals surface area (Å²) < 4.78 is 1.65. The van der Waals surface area contributed by atoms with Crippen molar-refractivity contribution in [2.45, 2.75) is 20.4 Å². The van der Waals surface area contributed by atoms with Gasteiger partial charge in [-0.1, -0.05) is 12.1 Å². The van der Waals surface area contributed by atoms with E-state index in [1.165, 1.54) is 18.3 Å². The fourth-order valence-corrected chi connectivity index (χ4v) is 3.13. The standard InChI is InChI=1S/C18H17N3O2S/c1-12-7-8-21(18(23)9-12)10-17-20-16(11-24-17)14-3-5-15(6-4-14)19-13(2)22/h3-9,11H,10H2,1-2H3,(H,19,22). The van der Waals surface area contributed by atoms with Crippen LogP contribution >= 0.6 is 11.3 Å². The Labute approximate surface area is 143 Å². The summed E-state index contributed by atoms with van der Waals surface area (Å²) in [6.07, 6.45) is 1.79. The molecule has 0 radical (unpaired) electrons. The van der Waals surface area contributed by atoms with Gasteiger partial charge in [0.05, 0.1) is 12.2 Å². The molecular weight excluding hydrogens is 322 g/mol. The first-order valence-corrected chi connectivity index (χ1v) is 8.39. The Kier molecular flexibility index (Phi) is 4.57. The number of nitrogens with one attached hydrogen (secondary N) is 1. The molecule has 2 aromatic heterocycles. The molecule has 2 heterocycles. The van der Waals surface area contributed by atoms with Gasteiger partial charge in [-0.15, -0.1) is 11.3 Å². The molecule has 3 aromatic rings. The molecule has 0 unspecified atom stereocenters. The van der Waals surface area contributed by atoms with Crippen LogP contribution in [0.1, 0.15) is 17.5 Å². The molecule has 0 aliphatic rings. The molecule has 0 aliphatic heterocycles. The van der Waals surface area contributed by atoms with Gasteiger partial charge >= 0.3 is 0 Å². The Morgan fingerprint density at radius 1 is 1.25 bits per heavy atom. The molecule has 0 saturated carbocycles. The third-order valence-electron chi connectivity index (χ3n) is 3.51. The minimum absolute atomic E-state index is 0.0218. The molecule has 0 aliphatic carbocycles. The molecule has 24 heavy (non-hydrogen) atoms. The Morgan fingerprint density at radius 2 is 2.00 bits per heavy atom. The van der Waals surface area contributed by atoms with Crippen molar-refractivity contribution < 1.29 is 4.79 Å². The van der Waals surface area contributed by atoms with Gasteiger partial charge in [-0.3, -0.25) is 9.59 Å². The maximum Gasteiger partial charge on any atom is 0.251 e. The van der Waals surface area contributed by atoms with Gasteiger partial charge in [-0.25, -0.2) is 4.98 Å². The van der Waals surface area contributed by atoms with Gasteiger partial charge in [0.25, 0.3) is 5.56 Å². The van der Waals surface area contributed by atoms with Crippen LogP contribution in [0, 0.1) is 6.92 Å². The van der Waals surface area contributed by atoms with Crippen molar-refractivity contribution >= 4 is 22.9 Å². The van der Waals surface area contributed by atoms with Crippen LogP contribution in [0.25, 0.3) is 11.3 Å². The predicted octanol–water partition coefficient (Wildman–Crippen LogP) is 3.29. The number of benzene rings is 1. The number of carbonyl (C=O) groups is 1. The SMILES string of the molecule is CC(=O)Nc1ccc(-c2csc(Cn3ccc(C)cc3=O)n2)cc1. The second kappa shape index (κ2) is 6.80. The highest BCUT2D eigenvalue weighted by Gasteiger charge is 2.07. The number of aromatic nitrogens is 2. The first-order chi connectivity index (χ1) is 11.5. The van der Waals surface area contributed by atoms with E-state index in [2.05, 4.69) is 10.3 Å². The van der Waals surface area contributed by atoms with Gasteiger partial charge in [0, 0.05) is 35.8 Å². The van der Waals surface area contributed by atoms with E-state index in [0.717, 1.165) is 27.5 Å². The normalized spacial score (nSPS) is 10.6. The molecule has 1 N–H and O–H groups in total. The van der Waals surface area contributed by atoms with E-state index >= 15 is 0 Å². The van der Waals surface area contributed by atoms with Crippen molar-refractivity contribution in [2.75, 3.05) is 5.32 Å². The molecule has 0 fully saturated rings. The van der Waals surface area contributed by atoms with E-state index < -0.39 is 0 Å². The highest BCUT2D eigenvalue weighted by molar-refractivity contribution is 7.09. The predicted molar refractivity (Wildman–Crippen MR) is 96.4 cm³/mol. The lowest BCUT2D eigenvalue weighted by Gasteiger charge is -2.03. The molecule has 122 valence electrons. The van der Waals surface area contributed by atoms with Crippen molar-refractivity contribution in [3.05, 3.63) is 68.9 Å². The lowest BCUT2D eigenvalue weighted by Crippen LogP contribution is -2.19. The maximum absolute atomic E-state index is 12.0. The molecule has 0 spiro atoms. The van der Waals surface area contributed by atoms with Gasteiger partial charge in [0.15, 0.2) is 0 Å². The quantitative estimate of drug-likeness (QED) is 0.793. The number of pyridine rings is 1. The Hall–Kier alpha value is -2.73. The minimum atomic E-state index is -0.0952. The molecule has 3 rings (SSSR count). The second-order valence-electron chi connectivity index (χ2n) is 5.56. The van der Waals surface area contributed by atoms with Crippen molar-refractivity contribution in [3.63, 3.8) is 0 Å². The van der Waals surface area contributed by atoms with Gasteiger partial charge in [-0.2, -0.15) is 0 Å². The van der Waals surface area contributed by atoms with E-state index in [1.807, 2.05) is 42.6 Å². The zero-order chi connectivity index (χ0) is 17.1. The second-order valence-corrected chi connectivity index (χ2v) is 6.50. The number of rotatable bonds is 4. The van der Waals surface area contributed by atoms with Crippen LogP contribution in [0.4, 0.5) is 5.69 Å². The van der Waals surface area contributed by atoms with E-state index in [4.69, 9.17) is 0 Å². The lowest BCUT2D eigenvalue weighted by atomic mass is 10.1. The highest BCUT2D eigenvalue weighted by Crippen LogP contribution is 2.23. The average Bonchev–Trinajstić information content (AvgIpc) is 2.99. The maximum atomic E-state index is 12.0. The number of thiazole rings is 1. The van der Waals surface area contributed by atoms with Gasteiger partial charge < -0.3 is 9.88 Å². The molecule has 6 heteroatoms. The summed E-state index contributed by atoms with van der Waals surface area (Å²) in [7, 11) is 0. The molecule has 1 aromatic carbocycles. The first-order valence-electron chi connectivity index (χ1n) is 7.51. The molecule has 0 atom stereocenters. The van der Waals surface area contributed by atoms with E-state index in [9.17, 15) is 9.59 Å². The molecule has 5 nitrogen and oxygen atoms in total. The summed E-state index contributed by atoms with van der Waals surface area (Å²) in [5, 5.41) is 5.59. The Morgan fingerprint density at radius 3 is 2.67 bits per heavy atom. The summed E-state index contributed by atoms with van der Waals surface area (Å²) in [6.45, 7) is 3.85. The average molecular weight is 339 g/mol. The van der Waals surface area contributed by atoms with Crippen LogP contribution in [-0.2, 0) is 11.3 Å². The van der Waals surface area contributed by atoms with Gasteiger partial charge in [0.1, 0.15) is 5.01 Å². The summed E-state index contributed by atoms with van der Waals surface area (Å²) in [5.41, 5.74) is 3.53. The highest BCUT2D eigenvalue weighted by atomic mass is 32.1. The van der Waals surface area contributed by atoms with Crippen molar-refractivity contribution in [3.8, 4) is 11.3 Å². The largest absolute Gasteiger partial charge is 0.326 e. The topological polar surface area (TPSA) is 64.0 Å². The molecule has 1 amide bonds. The monoisotopic (exact) mass is 339 g/mol. The summed E-state index contributed by atoms with van der Waals surface area (Å²) in [6, 6.07) is 11.1. The lowest BCUT2D eigenvalue weighted by molar-refractivity contribution is -0.114. The molecule has 0 saturated heterocycles. The fourth-order valence-electron chi connectivity index (χ4n) is 2.33. The number of anilines is 1. The van der Waals surface area contributed by atoms with Crippen LogP contribution < -0.4 is 10.9 Å². The zero-order valence-corrected chi connectivity index (χ0v) is 14.3. The minimum Gasteiger partial charge on any atom is -0.326 e. The first kappa shape index (κ1) is 16.1. The van der Waals surface area contributed by atoms with E-state index in [-0.39, 0.29) is 11.5 Å². The Bertz CT molecular complexity index is 926. The number of amides is 1. The molecule has 0 bridgehead atoms. The van der Waals surface area contributed by atoms with Crippen LogP contribution in [0.2, 0.25) is 0 Å². The fraction of sp³-hybridized carbons (Fsp3) is 0.167. The number of hydrogen-bond donors (Lipinski definition) is 1. The third kappa shape index (κ3) is 3.78. The third-order valence-corrected chi connectivity index (χ3v) is 4.34. The number of aryl methyl sites for hydroxylation is 1. The van der Waals surface area contributed by atoms with Gasteiger partial charge in [-0.05, 0) is 30.7 Å². The van der Waals surface area contributed by atoms with Gasteiger partial charge in [0.2, 0.25) is 5.91 Å². The van der Waals surface area contributed by atoms with Crippen molar-refractivity contribution in [2.24, 2.45) is 0 Å². The van der Waals surface area contributed by atoms with Crippen molar-refractivity contribution in [1.29, 1.82) is 0 Å². The number of carbonyl (C=O) groups excluding carboxylic acids is 1. The summed E-state index contributed by atoms with van der Waals surface area (Å²) >= 11 is 1.53. The summed E-state index contributed by atoms with van der Waals surface area (Å²) in [5.74, 6) is -0.0952. The summed E-state index contributed by atoms with van der Waals surface area (Å²) in [4.78, 5) is 27.6. The van der Waals surface area contributed by atoms with Crippen LogP contribution in [0.15, 0.2) is 52.8 Å². The Balaban J connectivity index is 1.77. The number of hydrogen-bond acceptors (Lipinski definition) is 4. The molecular formula is C18H17N3O2S. The van der Waals surface area contributed by atoms with E-state index in [1.54, 1.807) is 16.8 Å². The smallest absolute Gasteiger partial charge is 0.251 e.